The zero-order valence-electron chi connectivity index (χ0n) is 22.1. The molecule has 0 aliphatic rings. The van der Waals surface area contributed by atoms with Crippen LogP contribution in [-0.4, -0.2) is 111 Å². The number of hydrogen-bond donors (Lipinski definition) is 4. The fourth-order valence-corrected chi connectivity index (χ4v) is 5.98. The van der Waals surface area contributed by atoms with Crippen molar-refractivity contribution in [2.24, 2.45) is 0 Å². The molecule has 0 aromatic heterocycles. The molecule has 0 saturated carbocycles. The predicted molar refractivity (Wildman–Crippen MR) is 134 cm³/mol. The van der Waals surface area contributed by atoms with Gasteiger partial charge in [0.2, 0.25) is 0 Å². The van der Waals surface area contributed by atoms with Gasteiger partial charge in [0, 0.05) is 51.5 Å². The molecule has 8 heteroatoms. The summed E-state index contributed by atoms with van der Waals surface area (Å²) in [5, 5.41) is 19.1. The molecule has 0 atom stereocenters. The fraction of sp³-hybridized carbons (Fsp3) is 1.00. The maximum absolute atomic E-state index is 10.6. The van der Waals surface area contributed by atoms with Crippen molar-refractivity contribution in [3.63, 3.8) is 0 Å². The van der Waals surface area contributed by atoms with E-state index >= 15 is 0 Å². The zero-order valence-corrected chi connectivity index (χ0v) is 23.1. The van der Waals surface area contributed by atoms with E-state index in [4.69, 9.17) is 4.43 Å². The Kier molecular flexibility index (Phi) is 15.7. The van der Waals surface area contributed by atoms with Gasteiger partial charge in [-0.15, -0.1) is 0 Å². The van der Waals surface area contributed by atoms with Crippen molar-refractivity contribution in [1.82, 2.24) is 0 Å². The molecule has 4 N–H and O–H groups in total. The summed E-state index contributed by atoms with van der Waals surface area (Å²) in [6, 6.07) is 0.319. The summed E-state index contributed by atoms with van der Waals surface area (Å²) in [6.45, 7) is 8.00. The van der Waals surface area contributed by atoms with Crippen LogP contribution in [-0.2, 0) is 4.43 Å². The minimum absolute atomic E-state index is 0.0307. The van der Waals surface area contributed by atoms with Gasteiger partial charge in [0.1, 0.15) is 5.54 Å². The molecule has 194 valence electrons. The molecule has 0 unspecified atom stereocenters. The van der Waals surface area contributed by atoms with Crippen molar-refractivity contribution < 1.29 is 33.2 Å². The normalized spacial score (nSPS) is 13.7. The first kappa shape index (κ1) is 31.9. The summed E-state index contributed by atoms with van der Waals surface area (Å²) in [4.78, 5) is 21.1. The molecule has 0 aromatic rings. The summed E-state index contributed by atoms with van der Waals surface area (Å²) in [6.07, 6.45) is 9.77. The highest BCUT2D eigenvalue weighted by Gasteiger charge is 2.43. The SMILES string of the molecule is CCCCC[N+](C)(CCCCC)CCC[Si](O)(O)OCCC(CCO)(CCO)[N+](C)(C)C. The van der Waals surface area contributed by atoms with Crippen LogP contribution in [0.15, 0.2) is 0 Å². The second-order valence-corrected chi connectivity index (χ2v) is 13.1. The second kappa shape index (κ2) is 15.8. The molecule has 0 aliphatic carbocycles. The van der Waals surface area contributed by atoms with E-state index in [1.54, 1.807) is 0 Å². The first-order valence-corrected chi connectivity index (χ1v) is 14.9. The van der Waals surface area contributed by atoms with Crippen LogP contribution in [0.25, 0.3) is 0 Å². The van der Waals surface area contributed by atoms with Crippen LogP contribution in [0.2, 0.25) is 6.04 Å². The third kappa shape index (κ3) is 12.4. The van der Waals surface area contributed by atoms with Gasteiger partial charge in [0.15, 0.2) is 0 Å². The molecule has 0 heterocycles. The lowest BCUT2D eigenvalue weighted by Gasteiger charge is -2.46. The van der Waals surface area contributed by atoms with E-state index in [2.05, 4.69) is 20.9 Å². The Morgan fingerprint density at radius 2 is 1.19 bits per heavy atom. The molecule has 0 spiro atoms. The van der Waals surface area contributed by atoms with Crippen LogP contribution in [0.4, 0.5) is 0 Å². The molecule has 0 amide bonds. The van der Waals surface area contributed by atoms with Gasteiger partial charge in [0.25, 0.3) is 0 Å². The Hall–Kier alpha value is -0.0631. The lowest BCUT2D eigenvalue weighted by Crippen LogP contribution is -2.59. The number of aliphatic hydroxyl groups excluding tert-OH is 2. The number of aliphatic hydroxyl groups is 2. The number of quaternary nitrogens is 2. The largest absolute Gasteiger partial charge is 0.495 e. The van der Waals surface area contributed by atoms with Crippen LogP contribution in [0.3, 0.4) is 0 Å². The molecule has 0 aromatic carbocycles. The van der Waals surface area contributed by atoms with Crippen molar-refractivity contribution in [2.45, 2.75) is 89.6 Å². The van der Waals surface area contributed by atoms with Gasteiger partial charge in [-0.25, -0.2) is 0 Å². The standard InChI is InChI=1S/C24H56N2O5Si/c1-7-9-11-17-26(6,18-12-10-8-2)19-13-23-32(29,30)31-22-16-24(14-20-27,15-21-28)25(3,4)5/h27-30H,7-23H2,1-6H3/q+2. The van der Waals surface area contributed by atoms with Gasteiger partial charge in [-0.1, -0.05) is 26.7 Å². The first-order valence-electron chi connectivity index (χ1n) is 12.9. The monoisotopic (exact) mass is 480 g/mol. The third-order valence-corrected chi connectivity index (χ3v) is 8.95. The first-order chi connectivity index (χ1) is 14.9. The van der Waals surface area contributed by atoms with Crippen LogP contribution in [0.5, 0.6) is 0 Å². The van der Waals surface area contributed by atoms with E-state index in [9.17, 15) is 19.8 Å². The Morgan fingerprint density at radius 3 is 1.59 bits per heavy atom. The minimum atomic E-state index is -3.73. The summed E-state index contributed by atoms with van der Waals surface area (Å²) in [7, 11) is 4.72. The maximum atomic E-state index is 10.6. The molecule has 0 rings (SSSR count). The molecule has 0 radical (unpaired) electrons. The van der Waals surface area contributed by atoms with Crippen molar-refractivity contribution in [2.75, 3.05) is 67.6 Å². The van der Waals surface area contributed by atoms with Gasteiger partial charge >= 0.3 is 8.80 Å². The second-order valence-electron chi connectivity index (χ2n) is 10.8. The minimum Gasteiger partial charge on any atom is -0.396 e. The maximum Gasteiger partial charge on any atom is 0.495 e. The fourth-order valence-electron chi connectivity index (χ4n) is 4.79. The number of nitrogens with zero attached hydrogens (tertiary/aromatic N) is 2. The van der Waals surface area contributed by atoms with Crippen LogP contribution < -0.4 is 0 Å². The molecule has 0 saturated heterocycles. The predicted octanol–water partition coefficient (Wildman–Crippen LogP) is 2.74. The van der Waals surface area contributed by atoms with Crippen LogP contribution in [0, 0.1) is 0 Å². The summed E-state index contributed by atoms with van der Waals surface area (Å²) in [5.41, 5.74) is -0.359. The topological polar surface area (TPSA) is 90.2 Å². The van der Waals surface area contributed by atoms with Gasteiger partial charge in [-0.3, -0.25) is 0 Å². The van der Waals surface area contributed by atoms with Gasteiger partial charge in [0.05, 0.1) is 47.8 Å². The van der Waals surface area contributed by atoms with E-state index in [-0.39, 0.29) is 25.4 Å². The smallest absolute Gasteiger partial charge is 0.396 e. The summed E-state index contributed by atoms with van der Waals surface area (Å²) >= 11 is 0. The van der Waals surface area contributed by atoms with E-state index in [0.29, 0.717) is 29.8 Å². The molecular formula is C24H56N2O5Si+2. The molecule has 7 nitrogen and oxygen atoms in total. The molecule has 0 aliphatic heterocycles. The summed E-state index contributed by atoms with van der Waals surface area (Å²) in [5.74, 6) is 0. The summed E-state index contributed by atoms with van der Waals surface area (Å²) < 4.78 is 7.23. The highest BCUT2D eigenvalue weighted by molar-refractivity contribution is 6.57. The number of rotatable bonds is 21. The van der Waals surface area contributed by atoms with Crippen molar-refractivity contribution in [3.05, 3.63) is 0 Å². The van der Waals surface area contributed by atoms with E-state index < -0.39 is 8.80 Å². The van der Waals surface area contributed by atoms with Crippen molar-refractivity contribution >= 4 is 8.80 Å². The lowest BCUT2D eigenvalue weighted by molar-refractivity contribution is -0.925. The van der Waals surface area contributed by atoms with Gasteiger partial charge < -0.3 is 33.2 Å². The average Bonchev–Trinajstić information content (AvgIpc) is 2.67. The van der Waals surface area contributed by atoms with Gasteiger partial charge in [-0.05, 0) is 25.7 Å². The Labute approximate surface area is 199 Å². The highest BCUT2D eigenvalue weighted by Crippen LogP contribution is 2.31. The van der Waals surface area contributed by atoms with Crippen LogP contribution in [0.1, 0.15) is 78.1 Å². The quantitative estimate of drug-likeness (QED) is 0.115. The van der Waals surface area contributed by atoms with Gasteiger partial charge in [-0.2, -0.15) is 0 Å². The molecule has 32 heavy (non-hydrogen) atoms. The highest BCUT2D eigenvalue weighted by atomic mass is 28.4. The average molecular weight is 481 g/mol. The molecule has 0 bridgehead atoms. The Bertz CT molecular complexity index is 456. The van der Waals surface area contributed by atoms with E-state index in [1.807, 2.05) is 21.1 Å². The third-order valence-electron chi connectivity index (χ3n) is 7.28. The number of hydrogen-bond acceptors (Lipinski definition) is 5. The molecular weight excluding hydrogens is 424 g/mol. The van der Waals surface area contributed by atoms with Crippen molar-refractivity contribution in [1.29, 1.82) is 0 Å². The van der Waals surface area contributed by atoms with E-state index in [0.717, 1.165) is 30.5 Å². The zero-order chi connectivity index (χ0) is 24.7. The Morgan fingerprint density at radius 1 is 0.719 bits per heavy atom. The lowest BCUT2D eigenvalue weighted by atomic mass is 9.85. The van der Waals surface area contributed by atoms with E-state index in [1.165, 1.54) is 38.5 Å². The number of unbranched alkanes of at least 4 members (excludes halogenated alkanes) is 4. The molecule has 0 fully saturated rings. The van der Waals surface area contributed by atoms with Crippen molar-refractivity contribution in [3.8, 4) is 0 Å². The Balaban J connectivity index is 4.79. The van der Waals surface area contributed by atoms with Crippen LogP contribution >= 0.6 is 0 Å².